The molecule has 0 saturated heterocycles. The van der Waals surface area contributed by atoms with Gasteiger partial charge in [-0.2, -0.15) is 0 Å². The van der Waals surface area contributed by atoms with Gasteiger partial charge in [0.15, 0.2) is 0 Å². The minimum atomic E-state index is -0.525. The van der Waals surface area contributed by atoms with Gasteiger partial charge in [-0.15, -0.1) is 0 Å². The highest BCUT2D eigenvalue weighted by molar-refractivity contribution is 14.1. The molecule has 7 heteroatoms. The molecule has 0 aromatic heterocycles. The van der Waals surface area contributed by atoms with Gasteiger partial charge in [0.2, 0.25) is 5.75 Å². The van der Waals surface area contributed by atoms with E-state index in [1.165, 1.54) is 13.2 Å². The van der Waals surface area contributed by atoms with Crippen LogP contribution >= 0.6 is 34.8 Å². The molecule has 0 bridgehead atoms. The summed E-state index contributed by atoms with van der Waals surface area (Å²) >= 11 is 6.69. The molecule has 1 aromatic rings. The van der Waals surface area contributed by atoms with Gasteiger partial charge >= 0.3 is 5.69 Å². The Morgan fingerprint density at radius 1 is 1.67 bits per heavy atom. The van der Waals surface area contributed by atoms with Crippen molar-refractivity contribution in [3.63, 3.8) is 0 Å². The molecule has 0 aliphatic rings. The third kappa shape index (κ3) is 2.53. The molecule has 0 atom stereocenters. The number of nitrogens with two attached hydrogens (primary N) is 1. The number of halogens is 1. The van der Waals surface area contributed by atoms with Gasteiger partial charge in [0, 0.05) is 11.6 Å². The highest BCUT2D eigenvalue weighted by Crippen LogP contribution is 2.33. The molecule has 2 N–H and O–H groups in total. The lowest BCUT2D eigenvalue weighted by Crippen LogP contribution is -2.10. The van der Waals surface area contributed by atoms with E-state index in [0.717, 1.165) is 0 Å². The number of benzene rings is 1. The van der Waals surface area contributed by atoms with Gasteiger partial charge in [0.1, 0.15) is 4.99 Å². The molecule has 0 saturated carbocycles. The topological polar surface area (TPSA) is 78.4 Å². The SMILES string of the molecule is COc1c(I)cc(C(N)=S)cc1[N+](=O)[O-]. The minimum absolute atomic E-state index is 0.124. The predicted octanol–water partition coefficient (Wildman–Crippen LogP) is 1.84. The molecule has 0 spiro atoms. The second-order valence-electron chi connectivity index (χ2n) is 2.63. The van der Waals surface area contributed by atoms with Crippen molar-refractivity contribution in [3.05, 3.63) is 31.4 Å². The first-order chi connectivity index (χ1) is 6.97. The van der Waals surface area contributed by atoms with Crippen LogP contribution in [0.1, 0.15) is 5.56 Å². The van der Waals surface area contributed by atoms with Gasteiger partial charge < -0.3 is 10.5 Å². The molecular formula is C8H7IN2O3S. The van der Waals surface area contributed by atoms with E-state index >= 15 is 0 Å². The maximum absolute atomic E-state index is 10.7. The molecule has 0 aliphatic heterocycles. The van der Waals surface area contributed by atoms with E-state index < -0.39 is 4.92 Å². The molecule has 5 nitrogen and oxygen atoms in total. The summed E-state index contributed by atoms with van der Waals surface area (Å²) in [6, 6.07) is 2.96. The molecular weight excluding hydrogens is 331 g/mol. The molecule has 0 amide bonds. The summed E-state index contributed by atoms with van der Waals surface area (Å²) in [4.78, 5) is 10.3. The maximum Gasteiger partial charge on any atom is 0.312 e. The normalized spacial score (nSPS) is 9.73. The van der Waals surface area contributed by atoms with Crippen LogP contribution in [0.2, 0.25) is 0 Å². The summed E-state index contributed by atoms with van der Waals surface area (Å²) in [5, 5.41) is 10.7. The molecule has 0 aliphatic carbocycles. The average molecular weight is 338 g/mol. The number of methoxy groups -OCH3 is 1. The van der Waals surface area contributed by atoms with E-state index in [0.29, 0.717) is 9.13 Å². The van der Waals surface area contributed by atoms with Crippen molar-refractivity contribution in [2.75, 3.05) is 7.11 Å². The maximum atomic E-state index is 10.7. The highest BCUT2D eigenvalue weighted by Gasteiger charge is 2.19. The predicted molar refractivity (Wildman–Crippen MR) is 68.3 cm³/mol. The van der Waals surface area contributed by atoms with Crippen molar-refractivity contribution < 1.29 is 9.66 Å². The first-order valence-corrected chi connectivity index (χ1v) is 5.27. The summed E-state index contributed by atoms with van der Waals surface area (Å²) in [7, 11) is 1.38. The van der Waals surface area contributed by atoms with E-state index in [-0.39, 0.29) is 16.4 Å². The van der Waals surface area contributed by atoms with E-state index in [9.17, 15) is 10.1 Å². The number of ether oxygens (including phenoxy) is 1. The largest absolute Gasteiger partial charge is 0.489 e. The summed E-state index contributed by atoms with van der Waals surface area (Å²) in [6.07, 6.45) is 0. The van der Waals surface area contributed by atoms with Gasteiger partial charge in [-0.3, -0.25) is 10.1 Å². The lowest BCUT2D eigenvalue weighted by molar-refractivity contribution is -0.385. The van der Waals surface area contributed by atoms with Gasteiger partial charge in [-0.05, 0) is 28.7 Å². The van der Waals surface area contributed by atoms with Crippen LogP contribution in [0.5, 0.6) is 5.75 Å². The highest BCUT2D eigenvalue weighted by atomic mass is 127. The van der Waals surface area contributed by atoms with E-state index in [1.807, 2.05) is 22.6 Å². The van der Waals surface area contributed by atoms with Crippen LogP contribution in [-0.4, -0.2) is 17.0 Å². The summed E-state index contributed by atoms with van der Waals surface area (Å²) in [6.45, 7) is 0. The monoisotopic (exact) mass is 338 g/mol. The first-order valence-electron chi connectivity index (χ1n) is 3.79. The Balaban J connectivity index is 3.45. The fourth-order valence-corrected chi connectivity index (χ4v) is 2.01. The lowest BCUT2D eigenvalue weighted by Gasteiger charge is -2.06. The van der Waals surface area contributed by atoms with Gasteiger partial charge in [0.25, 0.3) is 0 Å². The van der Waals surface area contributed by atoms with Crippen molar-refractivity contribution >= 4 is 45.5 Å². The molecule has 1 aromatic carbocycles. The smallest absolute Gasteiger partial charge is 0.312 e. The van der Waals surface area contributed by atoms with Crippen LogP contribution in [0.4, 0.5) is 5.69 Å². The van der Waals surface area contributed by atoms with Crippen LogP contribution in [0.3, 0.4) is 0 Å². The van der Waals surface area contributed by atoms with Crippen LogP contribution in [0.25, 0.3) is 0 Å². The summed E-state index contributed by atoms with van der Waals surface area (Å²) in [5.74, 6) is 0.223. The summed E-state index contributed by atoms with van der Waals surface area (Å²) in [5.41, 5.74) is 5.74. The van der Waals surface area contributed by atoms with E-state index in [2.05, 4.69) is 0 Å². The van der Waals surface area contributed by atoms with Crippen LogP contribution in [-0.2, 0) is 0 Å². The molecule has 0 unspecified atom stereocenters. The van der Waals surface area contributed by atoms with E-state index in [1.54, 1.807) is 6.07 Å². The Hall–Kier alpha value is -0.960. The zero-order chi connectivity index (χ0) is 11.6. The van der Waals surface area contributed by atoms with Crippen LogP contribution in [0.15, 0.2) is 12.1 Å². The number of nitrogens with zero attached hydrogens (tertiary/aromatic N) is 1. The quantitative estimate of drug-likeness (QED) is 0.394. The van der Waals surface area contributed by atoms with Crippen LogP contribution < -0.4 is 10.5 Å². The number of thiocarbonyl (C=S) groups is 1. The molecule has 80 valence electrons. The third-order valence-electron chi connectivity index (χ3n) is 1.71. The van der Waals surface area contributed by atoms with E-state index in [4.69, 9.17) is 22.7 Å². The number of rotatable bonds is 3. The lowest BCUT2D eigenvalue weighted by atomic mass is 10.2. The number of hydrogen-bond donors (Lipinski definition) is 1. The van der Waals surface area contributed by atoms with Gasteiger partial charge in [0.05, 0.1) is 15.6 Å². The Labute approximate surface area is 105 Å². The van der Waals surface area contributed by atoms with Crippen molar-refractivity contribution in [2.24, 2.45) is 5.73 Å². The summed E-state index contributed by atoms with van der Waals surface area (Å²) < 4.78 is 5.54. The Morgan fingerprint density at radius 3 is 2.67 bits per heavy atom. The zero-order valence-corrected chi connectivity index (χ0v) is 10.7. The molecule has 0 fully saturated rings. The van der Waals surface area contributed by atoms with Gasteiger partial charge in [-0.25, -0.2) is 0 Å². The minimum Gasteiger partial charge on any atom is -0.489 e. The zero-order valence-electron chi connectivity index (χ0n) is 7.69. The Bertz CT molecular complexity index is 436. The number of nitro groups is 1. The molecule has 0 radical (unpaired) electrons. The number of hydrogen-bond acceptors (Lipinski definition) is 4. The fraction of sp³-hybridized carbons (Fsp3) is 0.125. The van der Waals surface area contributed by atoms with Crippen molar-refractivity contribution in [1.29, 1.82) is 0 Å². The van der Waals surface area contributed by atoms with Crippen molar-refractivity contribution in [3.8, 4) is 5.75 Å². The second-order valence-corrected chi connectivity index (χ2v) is 4.23. The Kier molecular flexibility index (Phi) is 3.80. The van der Waals surface area contributed by atoms with Crippen molar-refractivity contribution in [2.45, 2.75) is 0 Å². The number of nitro benzene ring substituents is 1. The Morgan fingerprint density at radius 2 is 2.27 bits per heavy atom. The third-order valence-corrected chi connectivity index (χ3v) is 2.75. The van der Waals surface area contributed by atoms with Gasteiger partial charge in [-0.1, -0.05) is 12.2 Å². The molecule has 0 heterocycles. The van der Waals surface area contributed by atoms with Crippen molar-refractivity contribution in [1.82, 2.24) is 0 Å². The second kappa shape index (κ2) is 4.71. The first kappa shape index (κ1) is 12.1. The molecule has 1 rings (SSSR count). The standard InChI is InChI=1S/C8H7IN2O3S/c1-14-7-5(9)2-4(8(10)15)3-6(7)11(12)13/h2-3H,1H3,(H2,10,15). The fourth-order valence-electron chi connectivity index (χ4n) is 1.06. The van der Waals surface area contributed by atoms with Crippen LogP contribution in [0, 0.1) is 13.7 Å². The molecule has 15 heavy (non-hydrogen) atoms. The average Bonchev–Trinajstić information content (AvgIpc) is 2.16.